The number of benzene rings is 2. The van der Waals surface area contributed by atoms with E-state index in [1.165, 1.54) is 0 Å². The van der Waals surface area contributed by atoms with Crippen molar-refractivity contribution in [3.8, 4) is 17.5 Å². The summed E-state index contributed by atoms with van der Waals surface area (Å²) in [6.45, 7) is 3.50. The number of imidazole rings is 1. The van der Waals surface area contributed by atoms with E-state index in [4.69, 9.17) is 23.9 Å². The Morgan fingerprint density at radius 1 is 0.886 bits per heavy atom. The van der Waals surface area contributed by atoms with Crippen molar-refractivity contribution in [2.75, 3.05) is 32.8 Å². The van der Waals surface area contributed by atoms with Crippen LogP contribution in [0.1, 0.15) is 18.1 Å². The molecule has 0 aliphatic rings. The van der Waals surface area contributed by atoms with Gasteiger partial charge in [0.15, 0.2) is 11.5 Å². The van der Waals surface area contributed by atoms with Gasteiger partial charge >= 0.3 is 6.01 Å². The largest absolute Gasteiger partial charge is 0.497 e. The number of anilines is 1. The molecular weight excluding hydrogens is 514 g/mol. The van der Waals surface area contributed by atoms with Gasteiger partial charge in [-0.25, -0.2) is 9.50 Å². The maximum absolute atomic E-state index is 5.95. The quantitative estimate of drug-likeness (QED) is 0.274. The fourth-order valence-corrected chi connectivity index (χ4v) is 4.01. The molecular formula is C25H28BrN5O4. The third kappa shape index (κ3) is 6.20. The van der Waals surface area contributed by atoms with Gasteiger partial charge in [0.1, 0.15) is 22.2 Å². The minimum Gasteiger partial charge on any atom is -0.497 e. The molecule has 0 N–H and O–H groups in total. The molecule has 1 atom stereocenters. The predicted molar refractivity (Wildman–Crippen MR) is 136 cm³/mol. The highest BCUT2D eigenvalue weighted by molar-refractivity contribution is 9.10. The molecule has 0 aliphatic heterocycles. The molecule has 0 amide bonds. The molecule has 2 aromatic carbocycles. The van der Waals surface area contributed by atoms with E-state index < -0.39 is 0 Å². The van der Waals surface area contributed by atoms with Gasteiger partial charge in [-0.2, -0.15) is 4.98 Å². The predicted octanol–water partition coefficient (Wildman–Crippen LogP) is 4.52. The lowest BCUT2D eigenvalue weighted by Crippen LogP contribution is -2.26. The summed E-state index contributed by atoms with van der Waals surface area (Å²) in [6.07, 6.45) is 1.57. The van der Waals surface area contributed by atoms with E-state index >= 15 is 0 Å². The van der Waals surface area contributed by atoms with Crippen molar-refractivity contribution in [1.82, 2.24) is 19.6 Å². The second-order valence-electron chi connectivity index (χ2n) is 7.99. The zero-order valence-corrected chi connectivity index (χ0v) is 21.7. The molecule has 2 aromatic heterocycles. The van der Waals surface area contributed by atoms with E-state index in [0.29, 0.717) is 35.8 Å². The van der Waals surface area contributed by atoms with Crippen LogP contribution in [0, 0.1) is 0 Å². The van der Waals surface area contributed by atoms with Gasteiger partial charge in [-0.15, -0.1) is 5.10 Å². The van der Waals surface area contributed by atoms with Gasteiger partial charge in [-0.1, -0.05) is 24.3 Å². The molecule has 184 valence electrons. The highest BCUT2D eigenvalue weighted by atomic mass is 79.9. The van der Waals surface area contributed by atoms with Crippen molar-refractivity contribution in [3.05, 3.63) is 70.5 Å². The number of nitrogens with zero attached hydrogens (tertiary/aromatic N) is 5. The van der Waals surface area contributed by atoms with Crippen LogP contribution in [0.4, 0.5) is 5.82 Å². The average molecular weight is 542 g/mol. The van der Waals surface area contributed by atoms with Gasteiger partial charge in [-0.05, 0) is 58.2 Å². The Hall–Kier alpha value is -3.37. The van der Waals surface area contributed by atoms with Crippen LogP contribution < -0.4 is 19.1 Å². The van der Waals surface area contributed by atoms with Gasteiger partial charge in [0.05, 0.1) is 27.0 Å². The van der Waals surface area contributed by atoms with Crippen molar-refractivity contribution in [3.63, 3.8) is 0 Å². The fraction of sp³-hybridized carbons (Fsp3) is 0.320. The molecule has 0 saturated heterocycles. The number of aromatic nitrogens is 4. The molecule has 10 heteroatoms. The summed E-state index contributed by atoms with van der Waals surface area (Å²) in [7, 11) is 4.95. The Labute approximate surface area is 212 Å². The van der Waals surface area contributed by atoms with Crippen LogP contribution in [0.25, 0.3) is 5.65 Å². The maximum atomic E-state index is 5.95. The van der Waals surface area contributed by atoms with Gasteiger partial charge in [0.2, 0.25) is 0 Å². The van der Waals surface area contributed by atoms with Crippen molar-refractivity contribution >= 4 is 27.4 Å². The number of ether oxygens (including phenoxy) is 4. The Morgan fingerprint density at radius 3 is 1.97 bits per heavy atom. The first kappa shape index (κ1) is 24.7. The topological polar surface area (TPSA) is 83.2 Å². The Bertz CT molecular complexity index is 1200. The molecule has 2 heterocycles. The van der Waals surface area contributed by atoms with Crippen LogP contribution in [0.5, 0.6) is 17.5 Å². The van der Waals surface area contributed by atoms with E-state index in [1.807, 2.05) is 55.5 Å². The van der Waals surface area contributed by atoms with Gasteiger partial charge in [0, 0.05) is 20.2 Å². The van der Waals surface area contributed by atoms with Crippen molar-refractivity contribution < 1.29 is 18.9 Å². The number of methoxy groups -OCH3 is 3. The number of fused-ring (bicyclic) bond motifs is 1. The molecule has 9 nitrogen and oxygen atoms in total. The summed E-state index contributed by atoms with van der Waals surface area (Å²) >= 11 is 3.47. The van der Waals surface area contributed by atoms with Crippen LogP contribution in [-0.4, -0.2) is 53.6 Å². The Morgan fingerprint density at radius 2 is 1.46 bits per heavy atom. The first-order valence-electron chi connectivity index (χ1n) is 11.1. The molecule has 35 heavy (non-hydrogen) atoms. The lowest BCUT2D eigenvalue weighted by Gasteiger charge is -2.25. The summed E-state index contributed by atoms with van der Waals surface area (Å²) < 4.78 is 24.1. The highest BCUT2D eigenvalue weighted by Crippen LogP contribution is 2.27. The lowest BCUT2D eigenvalue weighted by atomic mass is 10.1. The number of halogens is 1. The summed E-state index contributed by atoms with van der Waals surface area (Å²) in [5.74, 6) is 2.26. The van der Waals surface area contributed by atoms with Crippen molar-refractivity contribution in [2.24, 2.45) is 0 Å². The smallest absolute Gasteiger partial charge is 0.336 e. The number of hydrogen-bond acceptors (Lipinski definition) is 8. The monoisotopic (exact) mass is 541 g/mol. The van der Waals surface area contributed by atoms with E-state index in [0.717, 1.165) is 22.6 Å². The molecule has 0 spiro atoms. The number of hydrogen-bond donors (Lipinski definition) is 0. The lowest BCUT2D eigenvalue weighted by molar-refractivity contribution is 0.0845. The van der Waals surface area contributed by atoms with E-state index in [2.05, 4.69) is 30.9 Å². The second-order valence-corrected chi connectivity index (χ2v) is 8.80. The maximum Gasteiger partial charge on any atom is 0.336 e. The number of rotatable bonds is 11. The molecule has 0 fully saturated rings. The van der Waals surface area contributed by atoms with E-state index in [9.17, 15) is 0 Å². The Balaban J connectivity index is 1.75. The van der Waals surface area contributed by atoms with Gasteiger partial charge in [-0.3, -0.25) is 0 Å². The molecule has 0 saturated carbocycles. The summed E-state index contributed by atoms with van der Waals surface area (Å²) in [6, 6.07) is 16.2. The highest BCUT2D eigenvalue weighted by Gasteiger charge is 2.20. The first-order chi connectivity index (χ1) is 17.0. The summed E-state index contributed by atoms with van der Waals surface area (Å²) in [5, 5.41) is 4.50. The zero-order chi connectivity index (χ0) is 24.8. The van der Waals surface area contributed by atoms with Gasteiger partial charge in [0.25, 0.3) is 0 Å². The standard InChI is InChI=1S/C25H28BrN5O4/c1-17(16-32-2)35-25-28-23(24-27-22(26)15-31(24)29-25)30(13-18-5-9-20(33-3)10-6-18)14-19-7-11-21(34-4)12-8-19/h5-12,15,17H,13-14,16H2,1-4H3. The molecule has 4 aromatic rings. The summed E-state index contributed by atoms with van der Waals surface area (Å²) in [4.78, 5) is 11.5. The molecule has 1 unspecified atom stereocenters. The van der Waals surface area contributed by atoms with Crippen LogP contribution in [0.2, 0.25) is 0 Å². The Kier molecular flexibility index (Phi) is 8.04. The first-order valence-corrected chi connectivity index (χ1v) is 11.9. The minimum absolute atomic E-state index is 0.214. The normalized spacial score (nSPS) is 11.9. The van der Waals surface area contributed by atoms with Crippen LogP contribution in [0.15, 0.2) is 59.3 Å². The fourth-order valence-electron chi connectivity index (χ4n) is 3.65. The molecule has 0 bridgehead atoms. The SMILES string of the molecule is COCC(C)Oc1nc(N(Cc2ccc(OC)cc2)Cc2ccc(OC)cc2)c2nc(Br)cn2n1. The molecule has 0 aliphatic carbocycles. The van der Waals surface area contributed by atoms with Crippen molar-refractivity contribution in [1.29, 1.82) is 0 Å². The van der Waals surface area contributed by atoms with Crippen LogP contribution in [-0.2, 0) is 17.8 Å². The minimum atomic E-state index is -0.214. The molecule has 0 radical (unpaired) electrons. The van der Waals surface area contributed by atoms with E-state index in [-0.39, 0.29) is 12.1 Å². The average Bonchev–Trinajstić information content (AvgIpc) is 3.24. The van der Waals surface area contributed by atoms with E-state index in [1.54, 1.807) is 32.0 Å². The molecule has 4 rings (SSSR count). The summed E-state index contributed by atoms with van der Waals surface area (Å²) in [5.41, 5.74) is 2.81. The zero-order valence-electron chi connectivity index (χ0n) is 20.1. The van der Waals surface area contributed by atoms with Crippen LogP contribution in [0.3, 0.4) is 0 Å². The van der Waals surface area contributed by atoms with Crippen LogP contribution >= 0.6 is 15.9 Å². The second kappa shape index (κ2) is 11.4. The van der Waals surface area contributed by atoms with Crippen molar-refractivity contribution in [2.45, 2.75) is 26.1 Å². The third-order valence-corrected chi connectivity index (χ3v) is 5.71. The third-order valence-electron chi connectivity index (χ3n) is 5.33. The van der Waals surface area contributed by atoms with Gasteiger partial charge < -0.3 is 23.8 Å².